The summed E-state index contributed by atoms with van der Waals surface area (Å²) in [5, 5.41) is 2.87. The summed E-state index contributed by atoms with van der Waals surface area (Å²) in [6, 6.07) is 11.5. The molecule has 0 aliphatic rings. The average Bonchev–Trinajstić information content (AvgIpc) is 3.04. The number of aryl methyl sites for hydroxylation is 2. The number of hydrogen-bond donors (Lipinski definition) is 1. The van der Waals surface area contributed by atoms with Gasteiger partial charge in [-0.3, -0.25) is 9.59 Å². The number of nitrogens with zero attached hydrogens (tertiary/aromatic N) is 3. The van der Waals surface area contributed by atoms with Gasteiger partial charge in [0, 0.05) is 25.1 Å². The summed E-state index contributed by atoms with van der Waals surface area (Å²) < 4.78 is 1.80. The molecule has 1 aromatic carbocycles. The van der Waals surface area contributed by atoms with Crippen LogP contribution >= 0.6 is 0 Å². The molecule has 3 aromatic rings. The number of fused-ring (bicyclic) bond motifs is 1. The lowest BCUT2D eigenvalue weighted by Crippen LogP contribution is -2.35. The van der Waals surface area contributed by atoms with Crippen molar-refractivity contribution in [2.24, 2.45) is 0 Å². The Bertz CT molecular complexity index is 961. The quantitative estimate of drug-likeness (QED) is 0.769. The summed E-state index contributed by atoms with van der Waals surface area (Å²) in [5.74, 6) is -0.522. The molecule has 0 aliphatic heterocycles. The predicted molar refractivity (Wildman–Crippen MR) is 101 cm³/mol. The summed E-state index contributed by atoms with van der Waals surface area (Å²) in [5.41, 5.74) is 3.95. The van der Waals surface area contributed by atoms with Crippen molar-refractivity contribution in [3.63, 3.8) is 0 Å². The Hall–Kier alpha value is -3.15. The minimum atomic E-state index is -0.287. The number of hydrogen-bond acceptors (Lipinski definition) is 3. The zero-order valence-corrected chi connectivity index (χ0v) is 15.2. The Labute approximate surface area is 152 Å². The van der Waals surface area contributed by atoms with E-state index in [-0.39, 0.29) is 18.4 Å². The van der Waals surface area contributed by atoms with Crippen molar-refractivity contribution in [1.82, 2.24) is 14.3 Å². The van der Waals surface area contributed by atoms with Gasteiger partial charge >= 0.3 is 0 Å². The molecule has 0 fully saturated rings. The van der Waals surface area contributed by atoms with Gasteiger partial charge in [0.25, 0.3) is 5.91 Å². The van der Waals surface area contributed by atoms with Gasteiger partial charge < -0.3 is 14.6 Å². The fourth-order valence-electron chi connectivity index (χ4n) is 2.81. The molecular formula is C20H22N4O2. The average molecular weight is 350 g/mol. The number of anilines is 1. The van der Waals surface area contributed by atoms with Gasteiger partial charge in [0.1, 0.15) is 11.3 Å². The van der Waals surface area contributed by atoms with Crippen LogP contribution in [0.2, 0.25) is 0 Å². The van der Waals surface area contributed by atoms with Crippen LogP contribution in [-0.2, 0) is 11.2 Å². The molecule has 6 nitrogen and oxygen atoms in total. The highest BCUT2D eigenvalue weighted by atomic mass is 16.2. The Balaban J connectivity index is 1.69. The molecule has 0 atom stereocenters. The minimum Gasteiger partial charge on any atom is -0.331 e. The zero-order valence-electron chi connectivity index (χ0n) is 15.2. The lowest BCUT2D eigenvalue weighted by molar-refractivity contribution is -0.116. The molecular weight excluding hydrogens is 328 g/mol. The highest BCUT2D eigenvalue weighted by molar-refractivity contribution is 5.98. The molecule has 2 amide bonds. The van der Waals surface area contributed by atoms with Crippen molar-refractivity contribution in [3.8, 4) is 0 Å². The SMILES string of the molecule is CCc1ccccc1NC(=O)CN(C)C(=O)c1cn2ccc(C)cc2n1. The van der Waals surface area contributed by atoms with E-state index in [4.69, 9.17) is 0 Å². The smallest absolute Gasteiger partial charge is 0.274 e. The van der Waals surface area contributed by atoms with Crippen molar-refractivity contribution in [2.75, 3.05) is 18.9 Å². The third kappa shape index (κ3) is 3.74. The first-order valence-electron chi connectivity index (χ1n) is 8.56. The molecule has 0 unspecified atom stereocenters. The van der Waals surface area contributed by atoms with Gasteiger partial charge in [0.15, 0.2) is 0 Å². The van der Waals surface area contributed by atoms with E-state index < -0.39 is 0 Å². The zero-order chi connectivity index (χ0) is 18.7. The fourth-order valence-corrected chi connectivity index (χ4v) is 2.81. The van der Waals surface area contributed by atoms with Crippen LogP contribution in [0.25, 0.3) is 5.65 Å². The maximum Gasteiger partial charge on any atom is 0.274 e. The van der Waals surface area contributed by atoms with Gasteiger partial charge in [-0.15, -0.1) is 0 Å². The summed E-state index contributed by atoms with van der Waals surface area (Å²) in [6.45, 7) is 3.97. The molecule has 0 spiro atoms. The van der Waals surface area contributed by atoms with Crippen LogP contribution in [0.3, 0.4) is 0 Å². The summed E-state index contributed by atoms with van der Waals surface area (Å²) in [7, 11) is 1.60. The van der Waals surface area contributed by atoms with Crippen molar-refractivity contribution >= 4 is 23.1 Å². The Morgan fingerprint density at radius 1 is 1.23 bits per heavy atom. The largest absolute Gasteiger partial charge is 0.331 e. The number of imidazole rings is 1. The summed E-state index contributed by atoms with van der Waals surface area (Å²) in [6.07, 6.45) is 4.37. The van der Waals surface area contributed by atoms with E-state index in [2.05, 4.69) is 10.3 Å². The highest BCUT2D eigenvalue weighted by Gasteiger charge is 2.18. The van der Waals surface area contributed by atoms with E-state index in [0.29, 0.717) is 11.3 Å². The van der Waals surface area contributed by atoms with Gasteiger partial charge in [-0.2, -0.15) is 0 Å². The van der Waals surface area contributed by atoms with Crippen LogP contribution < -0.4 is 5.32 Å². The number of likely N-dealkylation sites (N-methyl/N-ethyl adjacent to an activating group) is 1. The van der Waals surface area contributed by atoms with Crippen molar-refractivity contribution in [3.05, 3.63) is 65.6 Å². The number of pyridine rings is 1. The maximum atomic E-state index is 12.6. The topological polar surface area (TPSA) is 66.7 Å². The molecule has 26 heavy (non-hydrogen) atoms. The van der Waals surface area contributed by atoms with Crippen LogP contribution in [0.15, 0.2) is 48.8 Å². The summed E-state index contributed by atoms with van der Waals surface area (Å²) >= 11 is 0. The van der Waals surface area contributed by atoms with Gasteiger partial charge in [-0.25, -0.2) is 4.98 Å². The lowest BCUT2D eigenvalue weighted by atomic mass is 10.1. The number of rotatable bonds is 5. The molecule has 0 radical (unpaired) electrons. The van der Waals surface area contributed by atoms with E-state index in [1.54, 1.807) is 17.6 Å². The number of benzene rings is 1. The van der Waals surface area contributed by atoms with Crippen molar-refractivity contribution < 1.29 is 9.59 Å². The van der Waals surface area contributed by atoms with Gasteiger partial charge in [0.2, 0.25) is 5.91 Å². The van der Waals surface area contributed by atoms with E-state index in [1.807, 2.05) is 56.4 Å². The van der Waals surface area contributed by atoms with Gasteiger partial charge in [0.05, 0.1) is 6.54 Å². The Kier molecular flexibility index (Phi) is 5.02. The Morgan fingerprint density at radius 3 is 2.77 bits per heavy atom. The molecule has 134 valence electrons. The second-order valence-corrected chi connectivity index (χ2v) is 6.32. The maximum absolute atomic E-state index is 12.6. The second kappa shape index (κ2) is 7.39. The standard InChI is InChI=1S/C20H22N4O2/c1-4-15-7-5-6-8-16(15)22-19(25)13-23(3)20(26)17-12-24-10-9-14(2)11-18(24)21-17/h5-12H,4,13H2,1-3H3,(H,22,25). The van der Waals surface area contributed by atoms with E-state index in [9.17, 15) is 9.59 Å². The molecule has 2 heterocycles. The van der Waals surface area contributed by atoms with Crippen LogP contribution in [0.1, 0.15) is 28.5 Å². The number of para-hydroxylation sites is 1. The number of amides is 2. The van der Waals surface area contributed by atoms with E-state index in [0.717, 1.165) is 23.2 Å². The van der Waals surface area contributed by atoms with E-state index >= 15 is 0 Å². The number of aromatic nitrogens is 2. The lowest BCUT2D eigenvalue weighted by Gasteiger charge is -2.16. The van der Waals surface area contributed by atoms with Crippen LogP contribution in [-0.4, -0.2) is 39.7 Å². The van der Waals surface area contributed by atoms with Crippen molar-refractivity contribution in [2.45, 2.75) is 20.3 Å². The molecule has 1 N–H and O–H groups in total. The van der Waals surface area contributed by atoms with Gasteiger partial charge in [-0.1, -0.05) is 25.1 Å². The van der Waals surface area contributed by atoms with E-state index in [1.165, 1.54) is 4.90 Å². The number of nitrogens with one attached hydrogen (secondary N) is 1. The van der Waals surface area contributed by atoms with Gasteiger partial charge in [-0.05, 0) is 42.7 Å². The molecule has 0 aliphatic carbocycles. The predicted octanol–water partition coefficient (Wildman–Crippen LogP) is 2.92. The van der Waals surface area contributed by atoms with Crippen molar-refractivity contribution in [1.29, 1.82) is 0 Å². The van der Waals surface area contributed by atoms with Crippen LogP contribution in [0.4, 0.5) is 5.69 Å². The molecule has 0 bridgehead atoms. The molecule has 6 heteroatoms. The third-order valence-corrected chi connectivity index (χ3v) is 4.23. The second-order valence-electron chi connectivity index (χ2n) is 6.32. The summed E-state index contributed by atoms with van der Waals surface area (Å²) in [4.78, 5) is 30.6. The van der Waals surface area contributed by atoms with Crippen LogP contribution in [0.5, 0.6) is 0 Å². The highest BCUT2D eigenvalue weighted by Crippen LogP contribution is 2.15. The molecule has 0 saturated carbocycles. The molecule has 0 saturated heterocycles. The first kappa shape index (κ1) is 17.7. The fraction of sp³-hybridized carbons (Fsp3) is 0.250. The molecule has 2 aromatic heterocycles. The third-order valence-electron chi connectivity index (χ3n) is 4.23. The normalized spacial score (nSPS) is 10.7. The Morgan fingerprint density at radius 2 is 2.00 bits per heavy atom. The molecule has 3 rings (SSSR count). The minimum absolute atomic E-state index is 0.0379. The first-order valence-corrected chi connectivity index (χ1v) is 8.56. The number of carbonyl (C=O) groups is 2. The van der Waals surface area contributed by atoms with Crippen LogP contribution in [0, 0.1) is 6.92 Å². The first-order chi connectivity index (χ1) is 12.5. The monoisotopic (exact) mass is 350 g/mol. The number of carbonyl (C=O) groups excluding carboxylic acids is 2.